The number of hydrogen-bond acceptors (Lipinski definition) is 3. The maximum Gasteiger partial charge on any atom is 0.220 e. The molecule has 0 aromatic carbocycles. The third-order valence-corrected chi connectivity index (χ3v) is 13.4. The van der Waals surface area contributed by atoms with E-state index in [0.717, 1.165) is 109 Å². The van der Waals surface area contributed by atoms with Crippen LogP contribution in [0.4, 0.5) is 0 Å². The van der Waals surface area contributed by atoms with E-state index >= 15 is 0 Å². The minimum absolute atomic E-state index is 0.0529. The molecule has 0 aliphatic rings. The number of amides is 1. The molecule has 0 saturated carbocycles. The smallest absolute Gasteiger partial charge is 0.220 e. The van der Waals surface area contributed by atoms with Gasteiger partial charge in [-0.25, -0.2) is 0 Å². The summed E-state index contributed by atoms with van der Waals surface area (Å²) in [5.74, 6) is -0.0529. The maximum absolute atomic E-state index is 12.5. The Bertz CT molecular complexity index is 1470. The number of hydrogen-bond donors (Lipinski definition) is 3. The van der Waals surface area contributed by atoms with Crippen LogP contribution in [-0.2, 0) is 4.79 Å². The van der Waals surface area contributed by atoms with Crippen molar-refractivity contribution >= 4 is 5.91 Å². The number of unbranched alkanes of at least 4 members (excludes halogenated alkanes) is 26. The lowest BCUT2D eigenvalue weighted by molar-refractivity contribution is -0.123. The van der Waals surface area contributed by atoms with Crippen LogP contribution in [0.25, 0.3) is 0 Å². The van der Waals surface area contributed by atoms with Gasteiger partial charge >= 0.3 is 0 Å². The quantitative estimate of drug-likeness (QED) is 0.0420. The minimum Gasteiger partial charge on any atom is -0.394 e. The maximum atomic E-state index is 12.5. The van der Waals surface area contributed by atoms with E-state index in [-0.39, 0.29) is 12.5 Å². The summed E-state index contributed by atoms with van der Waals surface area (Å²) in [6.45, 7) is 4.25. The molecular weight excluding hydrogens is 891 g/mol. The third-order valence-electron chi connectivity index (χ3n) is 13.4. The molecule has 4 heteroatoms. The van der Waals surface area contributed by atoms with Crippen LogP contribution in [-0.4, -0.2) is 34.9 Å². The van der Waals surface area contributed by atoms with Gasteiger partial charge in [-0.05, 0) is 96.3 Å². The predicted octanol–water partition coefficient (Wildman–Crippen LogP) is 21.0. The number of rotatable bonds is 55. The molecule has 0 saturated heterocycles. The van der Waals surface area contributed by atoms with Crippen LogP contribution in [0.15, 0.2) is 134 Å². The monoisotopic (exact) mass is 1010 g/mol. The average molecular weight is 1010 g/mol. The molecule has 0 radical (unpaired) electrons. The normalized spacial score (nSPS) is 13.8. The lowest BCUT2D eigenvalue weighted by atomic mass is 10.0. The molecule has 0 fully saturated rings. The SMILES string of the molecule is CC/C=C\C/C=C\C/C=C\C/C=C\C/C=C\C/C=C\C/C=C\C/C=C\C/C=C\C/C=C\C/C=C\CCCCCCCC(=O)NC(CO)C(O)CCCCCCCCCCCCCCCCCCCCCCCC. The standard InChI is InChI=1S/C69H117NO3/c1-3-5-7-9-11-13-15-17-19-21-23-25-27-28-29-30-31-32-33-34-35-36-37-38-39-40-41-42-43-45-47-49-51-53-55-57-59-61-63-65-69(73)70-67(66-71)68(72)64-62-60-58-56-54-52-50-48-46-44-26-24-22-20-18-16-14-12-10-8-6-4-2/h5,7,11,13,17,19,23,25,28-29,31-32,34-35,37-38,40-41,43,45,49,51,67-68,71-72H,3-4,6,8-10,12,14-16,18,20-22,24,26-27,30,33,36,39,42,44,46-48,50,52-66H2,1-2H3,(H,70,73)/b7-5-,13-11-,19-17-,25-23-,29-28-,32-31-,35-34-,38-37-,41-40-,45-43-,51-49-. The number of aliphatic hydroxyl groups excluding tert-OH is 2. The second-order valence-electron chi connectivity index (χ2n) is 20.4. The Morgan fingerprint density at radius 1 is 0.342 bits per heavy atom. The van der Waals surface area contributed by atoms with Gasteiger partial charge in [0.1, 0.15) is 0 Å². The Labute approximate surface area is 453 Å². The molecule has 0 heterocycles. The predicted molar refractivity (Wildman–Crippen MR) is 326 cm³/mol. The number of nitrogens with one attached hydrogen (secondary N) is 1. The molecule has 0 rings (SSSR count). The number of aliphatic hydroxyl groups is 2. The van der Waals surface area contributed by atoms with Gasteiger partial charge in [0, 0.05) is 6.42 Å². The molecule has 0 spiro atoms. The van der Waals surface area contributed by atoms with Gasteiger partial charge < -0.3 is 15.5 Å². The summed E-state index contributed by atoms with van der Waals surface area (Å²) in [5.41, 5.74) is 0. The lowest BCUT2D eigenvalue weighted by Gasteiger charge is -2.22. The molecule has 0 aliphatic heterocycles. The van der Waals surface area contributed by atoms with Crippen molar-refractivity contribution in [2.24, 2.45) is 0 Å². The van der Waals surface area contributed by atoms with E-state index in [1.54, 1.807) is 0 Å². The summed E-state index contributed by atoms with van der Waals surface area (Å²) in [5, 5.41) is 23.4. The van der Waals surface area contributed by atoms with E-state index in [9.17, 15) is 15.0 Å². The second kappa shape index (κ2) is 62.8. The molecule has 1 amide bonds. The molecule has 0 bridgehead atoms. The summed E-state index contributed by atoms with van der Waals surface area (Å²) >= 11 is 0. The van der Waals surface area contributed by atoms with Gasteiger partial charge in [0.25, 0.3) is 0 Å². The van der Waals surface area contributed by atoms with Gasteiger partial charge in [-0.15, -0.1) is 0 Å². The van der Waals surface area contributed by atoms with Crippen LogP contribution in [0, 0.1) is 0 Å². The topological polar surface area (TPSA) is 69.6 Å². The highest BCUT2D eigenvalue weighted by Gasteiger charge is 2.20. The van der Waals surface area contributed by atoms with E-state index in [1.807, 2.05) is 0 Å². The Balaban J connectivity index is 3.63. The van der Waals surface area contributed by atoms with Gasteiger partial charge in [0.2, 0.25) is 5.91 Å². The highest BCUT2D eigenvalue weighted by Crippen LogP contribution is 2.17. The first-order valence-electron chi connectivity index (χ1n) is 30.9. The van der Waals surface area contributed by atoms with E-state index in [2.05, 4.69) is 153 Å². The molecule has 73 heavy (non-hydrogen) atoms. The van der Waals surface area contributed by atoms with Crippen LogP contribution in [0.1, 0.15) is 277 Å². The Morgan fingerprint density at radius 2 is 0.603 bits per heavy atom. The van der Waals surface area contributed by atoms with Crippen LogP contribution in [0.5, 0.6) is 0 Å². The van der Waals surface area contributed by atoms with Crippen molar-refractivity contribution in [3.05, 3.63) is 134 Å². The van der Waals surface area contributed by atoms with Crippen molar-refractivity contribution in [1.29, 1.82) is 0 Å². The van der Waals surface area contributed by atoms with Gasteiger partial charge in [-0.3, -0.25) is 4.79 Å². The van der Waals surface area contributed by atoms with Gasteiger partial charge in [-0.1, -0.05) is 308 Å². The first-order chi connectivity index (χ1) is 36.2. The average Bonchev–Trinajstić information content (AvgIpc) is 3.40. The van der Waals surface area contributed by atoms with Gasteiger partial charge in [0.15, 0.2) is 0 Å². The zero-order valence-corrected chi connectivity index (χ0v) is 47.9. The highest BCUT2D eigenvalue weighted by molar-refractivity contribution is 5.76. The van der Waals surface area contributed by atoms with Crippen LogP contribution in [0.2, 0.25) is 0 Å². The van der Waals surface area contributed by atoms with Crippen molar-refractivity contribution in [2.75, 3.05) is 6.61 Å². The van der Waals surface area contributed by atoms with Crippen molar-refractivity contribution in [1.82, 2.24) is 5.32 Å². The van der Waals surface area contributed by atoms with Gasteiger partial charge in [-0.2, -0.15) is 0 Å². The first kappa shape index (κ1) is 69.5. The Morgan fingerprint density at radius 3 is 0.904 bits per heavy atom. The molecule has 3 N–H and O–H groups in total. The second-order valence-corrected chi connectivity index (χ2v) is 20.4. The zero-order chi connectivity index (χ0) is 52.7. The van der Waals surface area contributed by atoms with E-state index in [0.29, 0.717) is 12.8 Å². The van der Waals surface area contributed by atoms with Gasteiger partial charge in [0.05, 0.1) is 18.8 Å². The van der Waals surface area contributed by atoms with Crippen LogP contribution in [0.3, 0.4) is 0 Å². The number of carbonyl (C=O) groups is 1. The van der Waals surface area contributed by atoms with Crippen LogP contribution >= 0.6 is 0 Å². The molecule has 0 aromatic rings. The summed E-state index contributed by atoms with van der Waals surface area (Å²) in [6, 6.07) is -0.558. The molecule has 416 valence electrons. The molecule has 0 aliphatic carbocycles. The summed E-state index contributed by atoms with van der Waals surface area (Å²) < 4.78 is 0. The molecule has 2 unspecified atom stereocenters. The minimum atomic E-state index is -0.678. The van der Waals surface area contributed by atoms with Crippen molar-refractivity contribution in [3.8, 4) is 0 Å². The molecule has 0 aromatic heterocycles. The van der Waals surface area contributed by atoms with Crippen molar-refractivity contribution in [2.45, 2.75) is 289 Å². The lowest BCUT2D eigenvalue weighted by Crippen LogP contribution is -2.45. The van der Waals surface area contributed by atoms with Crippen molar-refractivity contribution < 1.29 is 15.0 Å². The molecule has 4 nitrogen and oxygen atoms in total. The Kier molecular flexibility index (Phi) is 59.8. The fourth-order valence-corrected chi connectivity index (χ4v) is 8.78. The zero-order valence-electron chi connectivity index (χ0n) is 47.9. The van der Waals surface area contributed by atoms with E-state index in [1.165, 1.54) is 141 Å². The van der Waals surface area contributed by atoms with Crippen molar-refractivity contribution in [3.63, 3.8) is 0 Å². The first-order valence-corrected chi connectivity index (χ1v) is 30.9. The van der Waals surface area contributed by atoms with E-state index < -0.39 is 12.1 Å². The molecular formula is C69H117NO3. The fraction of sp³-hybridized carbons (Fsp3) is 0.667. The fourth-order valence-electron chi connectivity index (χ4n) is 8.78. The third kappa shape index (κ3) is 59.3. The number of allylic oxidation sites excluding steroid dienone is 22. The van der Waals surface area contributed by atoms with E-state index in [4.69, 9.17) is 0 Å². The highest BCUT2D eigenvalue weighted by atomic mass is 16.3. The Hall–Kier alpha value is -3.47. The molecule has 2 atom stereocenters. The summed E-state index contributed by atoms with van der Waals surface area (Å²) in [4.78, 5) is 12.5. The summed E-state index contributed by atoms with van der Waals surface area (Å²) in [7, 11) is 0. The largest absolute Gasteiger partial charge is 0.394 e. The summed E-state index contributed by atoms with van der Waals surface area (Å²) in [6.07, 6.45) is 97.3. The van der Waals surface area contributed by atoms with Crippen LogP contribution < -0.4 is 5.32 Å². The number of carbonyl (C=O) groups excluding carboxylic acids is 1.